The summed E-state index contributed by atoms with van der Waals surface area (Å²) in [6.07, 6.45) is 4.21. The molecule has 0 aromatic carbocycles. The van der Waals surface area contributed by atoms with E-state index in [4.69, 9.17) is 4.74 Å². The SMILES string of the molecule is COc1ncccc1C1C2=C(CC(C)(C)CC2=O)NC2=C1C(=O)CC(C)(C)C2. The Morgan fingerprint density at radius 1 is 0.964 bits per heavy atom. The summed E-state index contributed by atoms with van der Waals surface area (Å²) in [5, 5.41) is 3.52. The lowest BCUT2D eigenvalue weighted by Gasteiger charge is -2.44. The number of rotatable bonds is 2. The number of carbonyl (C=O) groups is 2. The molecular weight excluding hydrogens is 352 g/mol. The van der Waals surface area contributed by atoms with Crippen molar-refractivity contribution in [1.82, 2.24) is 10.3 Å². The van der Waals surface area contributed by atoms with Gasteiger partial charge in [-0.1, -0.05) is 33.8 Å². The van der Waals surface area contributed by atoms with Gasteiger partial charge in [0.25, 0.3) is 0 Å². The average Bonchev–Trinajstić information content (AvgIpc) is 2.57. The Bertz CT molecular complexity index is 885. The number of aromatic nitrogens is 1. The first-order chi connectivity index (χ1) is 13.1. The van der Waals surface area contributed by atoms with Gasteiger partial charge in [-0.2, -0.15) is 0 Å². The highest BCUT2D eigenvalue weighted by atomic mass is 16.5. The van der Waals surface area contributed by atoms with Gasteiger partial charge < -0.3 is 10.1 Å². The van der Waals surface area contributed by atoms with Gasteiger partial charge in [0, 0.05) is 53.1 Å². The molecule has 4 rings (SSSR count). The number of hydrogen-bond acceptors (Lipinski definition) is 5. The van der Waals surface area contributed by atoms with Crippen LogP contribution in [0.3, 0.4) is 0 Å². The van der Waals surface area contributed by atoms with Crippen molar-refractivity contribution >= 4 is 11.6 Å². The first-order valence-corrected chi connectivity index (χ1v) is 9.90. The molecule has 0 radical (unpaired) electrons. The van der Waals surface area contributed by atoms with Crippen LogP contribution >= 0.6 is 0 Å². The van der Waals surface area contributed by atoms with Crippen molar-refractivity contribution in [3.8, 4) is 5.88 Å². The van der Waals surface area contributed by atoms with Gasteiger partial charge in [0.2, 0.25) is 5.88 Å². The minimum atomic E-state index is -0.401. The van der Waals surface area contributed by atoms with Gasteiger partial charge in [-0.3, -0.25) is 9.59 Å². The second kappa shape index (κ2) is 6.29. The molecular formula is C23H28N2O3. The maximum atomic E-state index is 13.2. The molecule has 1 aromatic rings. The van der Waals surface area contributed by atoms with Crippen molar-refractivity contribution in [3.05, 3.63) is 46.4 Å². The van der Waals surface area contributed by atoms with Crippen LogP contribution in [0.4, 0.5) is 0 Å². The lowest BCUT2D eigenvalue weighted by atomic mass is 9.64. The smallest absolute Gasteiger partial charge is 0.217 e. The van der Waals surface area contributed by atoms with Crippen LogP contribution in [-0.4, -0.2) is 23.7 Å². The predicted octanol–water partition coefficient (Wildman–Crippen LogP) is 4.06. The zero-order chi connectivity index (χ0) is 20.3. The topological polar surface area (TPSA) is 68.3 Å². The molecule has 1 N–H and O–H groups in total. The Balaban J connectivity index is 1.95. The van der Waals surface area contributed by atoms with Gasteiger partial charge in [-0.05, 0) is 29.7 Å². The van der Waals surface area contributed by atoms with Gasteiger partial charge in [-0.15, -0.1) is 0 Å². The third-order valence-electron chi connectivity index (χ3n) is 6.02. The van der Waals surface area contributed by atoms with Crippen molar-refractivity contribution in [2.75, 3.05) is 7.11 Å². The maximum Gasteiger partial charge on any atom is 0.217 e. The van der Waals surface area contributed by atoms with E-state index >= 15 is 0 Å². The normalized spacial score (nSPS) is 23.9. The highest BCUT2D eigenvalue weighted by Gasteiger charge is 2.47. The van der Waals surface area contributed by atoms with E-state index < -0.39 is 5.92 Å². The van der Waals surface area contributed by atoms with Crippen molar-refractivity contribution < 1.29 is 14.3 Å². The molecule has 148 valence electrons. The van der Waals surface area contributed by atoms with E-state index in [1.165, 1.54) is 0 Å². The predicted molar refractivity (Wildman–Crippen MR) is 107 cm³/mol. The van der Waals surface area contributed by atoms with Crippen molar-refractivity contribution in [2.24, 2.45) is 10.8 Å². The van der Waals surface area contributed by atoms with E-state index in [1.807, 2.05) is 12.1 Å². The minimum Gasteiger partial charge on any atom is -0.481 e. The summed E-state index contributed by atoms with van der Waals surface area (Å²) in [5.74, 6) is 0.295. The molecule has 0 saturated carbocycles. The first kappa shape index (κ1) is 18.9. The Morgan fingerprint density at radius 2 is 1.50 bits per heavy atom. The van der Waals surface area contributed by atoms with Crippen molar-refractivity contribution in [2.45, 2.75) is 59.3 Å². The lowest BCUT2D eigenvalue weighted by molar-refractivity contribution is -0.119. The maximum absolute atomic E-state index is 13.2. The molecule has 5 nitrogen and oxygen atoms in total. The molecule has 1 aromatic heterocycles. The van der Waals surface area contributed by atoms with Gasteiger partial charge in [0.15, 0.2) is 11.6 Å². The second-order valence-electron chi connectivity index (χ2n) is 9.83. The van der Waals surface area contributed by atoms with E-state index in [1.54, 1.807) is 13.3 Å². The Kier molecular flexibility index (Phi) is 4.25. The van der Waals surface area contributed by atoms with Crippen LogP contribution in [0.15, 0.2) is 40.9 Å². The van der Waals surface area contributed by atoms with Crippen molar-refractivity contribution in [3.63, 3.8) is 0 Å². The van der Waals surface area contributed by atoms with Gasteiger partial charge >= 0.3 is 0 Å². The number of nitrogens with one attached hydrogen (secondary N) is 1. The fourth-order valence-electron chi connectivity index (χ4n) is 4.99. The van der Waals surface area contributed by atoms with Crippen LogP contribution in [0.2, 0.25) is 0 Å². The molecule has 0 saturated heterocycles. The summed E-state index contributed by atoms with van der Waals surface area (Å²) in [6.45, 7) is 8.48. The van der Waals surface area contributed by atoms with E-state index in [0.717, 1.165) is 40.9 Å². The summed E-state index contributed by atoms with van der Waals surface area (Å²) >= 11 is 0. The molecule has 2 aliphatic carbocycles. The number of carbonyl (C=O) groups excluding carboxylic acids is 2. The first-order valence-electron chi connectivity index (χ1n) is 9.90. The number of hydrogen-bond donors (Lipinski definition) is 1. The van der Waals surface area contributed by atoms with Crippen LogP contribution in [0, 0.1) is 10.8 Å². The van der Waals surface area contributed by atoms with Crippen LogP contribution in [0.1, 0.15) is 64.9 Å². The summed E-state index contributed by atoms with van der Waals surface area (Å²) in [7, 11) is 1.58. The zero-order valence-electron chi connectivity index (χ0n) is 17.3. The summed E-state index contributed by atoms with van der Waals surface area (Å²) in [4.78, 5) is 30.8. The fourth-order valence-corrected chi connectivity index (χ4v) is 4.99. The molecule has 0 unspecified atom stereocenters. The molecule has 0 bridgehead atoms. The number of Topliss-reactive ketones (excluding diaryl/α,β-unsaturated/α-hetero) is 2. The minimum absolute atomic E-state index is 0.0985. The van der Waals surface area contributed by atoms with E-state index in [2.05, 4.69) is 38.0 Å². The average molecular weight is 380 g/mol. The number of dihydropyridines is 1. The highest BCUT2D eigenvalue weighted by Crippen LogP contribution is 2.51. The summed E-state index contributed by atoms with van der Waals surface area (Å²) in [6, 6.07) is 3.77. The second-order valence-corrected chi connectivity index (χ2v) is 9.83. The number of ether oxygens (including phenoxy) is 1. The fraction of sp³-hybridized carbons (Fsp3) is 0.522. The molecule has 0 atom stereocenters. The summed E-state index contributed by atoms with van der Waals surface area (Å²) < 4.78 is 5.51. The zero-order valence-corrected chi connectivity index (χ0v) is 17.3. The number of ketones is 2. The Hall–Kier alpha value is -2.43. The van der Waals surface area contributed by atoms with Crippen LogP contribution in [-0.2, 0) is 9.59 Å². The third kappa shape index (κ3) is 3.07. The molecule has 2 heterocycles. The van der Waals surface area contributed by atoms with Crippen LogP contribution in [0.25, 0.3) is 0 Å². The van der Waals surface area contributed by atoms with Crippen molar-refractivity contribution in [1.29, 1.82) is 0 Å². The van der Waals surface area contributed by atoms with E-state index in [0.29, 0.717) is 18.7 Å². The number of pyridine rings is 1. The lowest BCUT2D eigenvalue weighted by Crippen LogP contribution is -2.42. The summed E-state index contributed by atoms with van der Waals surface area (Å²) in [5.41, 5.74) is 3.96. The number of methoxy groups -OCH3 is 1. The molecule has 0 spiro atoms. The third-order valence-corrected chi connectivity index (χ3v) is 6.02. The quantitative estimate of drug-likeness (QED) is 0.838. The Morgan fingerprint density at radius 3 is 2.00 bits per heavy atom. The van der Waals surface area contributed by atoms with E-state index in [-0.39, 0.29) is 22.4 Å². The van der Waals surface area contributed by atoms with Gasteiger partial charge in [0.1, 0.15) is 0 Å². The largest absolute Gasteiger partial charge is 0.481 e. The molecule has 28 heavy (non-hydrogen) atoms. The number of nitrogens with zero attached hydrogens (tertiary/aromatic N) is 1. The molecule has 0 fully saturated rings. The molecule has 1 aliphatic heterocycles. The highest BCUT2D eigenvalue weighted by molar-refractivity contribution is 6.06. The van der Waals surface area contributed by atoms with E-state index in [9.17, 15) is 9.59 Å². The van der Waals surface area contributed by atoms with Crippen LogP contribution in [0.5, 0.6) is 5.88 Å². The number of allylic oxidation sites excluding steroid dienone is 4. The monoisotopic (exact) mass is 380 g/mol. The molecule has 3 aliphatic rings. The molecule has 5 heteroatoms. The van der Waals surface area contributed by atoms with Crippen LogP contribution < -0.4 is 10.1 Å². The standard InChI is InChI=1S/C23H28N2O3/c1-22(2)9-14-19(16(26)11-22)18(13-7-6-8-24-21(13)28-5)20-15(25-14)10-23(3,4)12-17(20)27/h6-8,18,25H,9-12H2,1-5H3. The van der Waals surface area contributed by atoms with Gasteiger partial charge in [-0.25, -0.2) is 4.98 Å². The molecule has 0 amide bonds. The van der Waals surface area contributed by atoms with Gasteiger partial charge in [0.05, 0.1) is 7.11 Å². The Labute approximate surface area is 166 Å².